The van der Waals surface area contributed by atoms with Crippen molar-refractivity contribution < 1.29 is 19.1 Å². The van der Waals surface area contributed by atoms with Gasteiger partial charge in [0.1, 0.15) is 0 Å². The fourth-order valence-electron chi connectivity index (χ4n) is 2.17. The van der Waals surface area contributed by atoms with Crippen molar-refractivity contribution in [2.45, 2.75) is 20.3 Å². The summed E-state index contributed by atoms with van der Waals surface area (Å²) in [7, 11) is 0. The predicted molar refractivity (Wildman–Crippen MR) is 103 cm³/mol. The number of nitrogens with zero attached hydrogens (tertiary/aromatic N) is 1. The molecule has 0 atom stereocenters. The second-order valence-corrected chi connectivity index (χ2v) is 5.67. The van der Waals surface area contributed by atoms with Crippen molar-refractivity contribution in [3.05, 3.63) is 65.7 Å². The topological polar surface area (TPSA) is 96.9 Å². The van der Waals surface area contributed by atoms with Crippen molar-refractivity contribution in [1.82, 2.24) is 5.43 Å². The molecule has 0 spiro atoms. The zero-order chi connectivity index (χ0) is 19.6. The third kappa shape index (κ3) is 6.39. The number of ether oxygens (including phenoxy) is 1. The normalized spacial score (nSPS) is 10.8. The highest BCUT2D eigenvalue weighted by Gasteiger charge is 2.09. The van der Waals surface area contributed by atoms with Gasteiger partial charge in [-0.25, -0.2) is 5.43 Å². The van der Waals surface area contributed by atoms with Crippen LogP contribution < -0.4 is 10.7 Å². The fourth-order valence-corrected chi connectivity index (χ4v) is 2.17. The molecule has 2 N–H and O–H groups in total. The first-order valence-corrected chi connectivity index (χ1v) is 8.45. The van der Waals surface area contributed by atoms with E-state index in [2.05, 4.69) is 15.8 Å². The number of rotatable bonds is 7. The highest BCUT2D eigenvalue weighted by atomic mass is 16.5. The molecule has 0 saturated heterocycles. The van der Waals surface area contributed by atoms with E-state index in [-0.39, 0.29) is 12.3 Å². The molecule has 2 rings (SSSR count). The molecule has 0 radical (unpaired) electrons. The molecule has 0 bridgehead atoms. The zero-order valence-corrected chi connectivity index (χ0v) is 15.2. The van der Waals surface area contributed by atoms with Gasteiger partial charge in [-0.1, -0.05) is 18.2 Å². The van der Waals surface area contributed by atoms with Gasteiger partial charge in [-0.05, 0) is 50.2 Å². The number of hydrogen-bond donors (Lipinski definition) is 2. The molecule has 0 aliphatic rings. The van der Waals surface area contributed by atoms with E-state index in [4.69, 9.17) is 4.74 Å². The number of hydrazone groups is 1. The quantitative estimate of drug-likeness (QED) is 0.447. The molecule has 0 unspecified atom stereocenters. The van der Waals surface area contributed by atoms with Crippen molar-refractivity contribution >= 4 is 29.2 Å². The molecule has 27 heavy (non-hydrogen) atoms. The SMILES string of the molecule is CCOC(=O)CC(C)=NNC(=O)c1ccc(NC(=O)c2ccccc2)cc1. The fraction of sp³-hybridized carbons (Fsp3) is 0.200. The highest BCUT2D eigenvalue weighted by Crippen LogP contribution is 2.11. The van der Waals surface area contributed by atoms with Crippen LogP contribution in [0.5, 0.6) is 0 Å². The van der Waals surface area contributed by atoms with Crippen molar-refractivity contribution in [2.75, 3.05) is 11.9 Å². The van der Waals surface area contributed by atoms with Crippen molar-refractivity contribution in [2.24, 2.45) is 5.10 Å². The Balaban J connectivity index is 1.91. The molecule has 0 aromatic heterocycles. The van der Waals surface area contributed by atoms with E-state index in [1.54, 1.807) is 62.4 Å². The highest BCUT2D eigenvalue weighted by molar-refractivity contribution is 6.04. The maximum atomic E-state index is 12.1. The van der Waals surface area contributed by atoms with Crippen LogP contribution in [0.25, 0.3) is 0 Å². The monoisotopic (exact) mass is 367 g/mol. The van der Waals surface area contributed by atoms with E-state index in [1.165, 1.54) is 0 Å². The first kappa shape index (κ1) is 19.8. The first-order valence-electron chi connectivity index (χ1n) is 8.45. The van der Waals surface area contributed by atoms with E-state index < -0.39 is 11.9 Å². The minimum Gasteiger partial charge on any atom is -0.466 e. The van der Waals surface area contributed by atoms with Crippen molar-refractivity contribution in [1.29, 1.82) is 0 Å². The summed E-state index contributed by atoms with van der Waals surface area (Å²) >= 11 is 0. The number of carbonyl (C=O) groups excluding carboxylic acids is 3. The molecule has 7 nitrogen and oxygen atoms in total. The molecule has 0 fully saturated rings. The smallest absolute Gasteiger partial charge is 0.311 e. The van der Waals surface area contributed by atoms with Gasteiger partial charge < -0.3 is 10.1 Å². The Morgan fingerprint density at radius 1 is 0.926 bits per heavy atom. The van der Waals surface area contributed by atoms with Crippen LogP contribution in [0.1, 0.15) is 41.0 Å². The number of hydrogen-bond acceptors (Lipinski definition) is 5. The van der Waals surface area contributed by atoms with Crippen LogP contribution in [-0.4, -0.2) is 30.1 Å². The third-order valence-electron chi connectivity index (χ3n) is 3.49. The standard InChI is InChI=1S/C20H21N3O4/c1-3-27-18(24)13-14(2)22-23-20(26)16-9-11-17(12-10-16)21-19(25)15-7-5-4-6-8-15/h4-12H,3,13H2,1-2H3,(H,21,25)(H,23,26). The van der Waals surface area contributed by atoms with E-state index in [1.807, 2.05) is 6.07 Å². The van der Waals surface area contributed by atoms with Gasteiger partial charge in [0.25, 0.3) is 11.8 Å². The molecule has 2 amide bonds. The lowest BCUT2D eigenvalue weighted by molar-refractivity contribution is -0.141. The number of anilines is 1. The number of benzene rings is 2. The summed E-state index contributed by atoms with van der Waals surface area (Å²) in [6.07, 6.45) is 0.0125. The maximum absolute atomic E-state index is 12.1. The summed E-state index contributed by atoms with van der Waals surface area (Å²) in [6.45, 7) is 3.64. The number of nitrogens with one attached hydrogen (secondary N) is 2. The first-order chi connectivity index (χ1) is 13.0. The molecule has 2 aromatic rings. The second-order valence-electron chi connectivity index (χ2n) is 5.67. The second kappa shape index (κ2) is 9.86. The molecule has 140 valence electrons. The Hall–Kier alpha value is -3.48. The average Bonchev–Trinajstić information content (AvgIpc) is 2.67. The summed E-state index contributed by atoms with van der Waals surface area (Å²) in [5, 5.41) is 6.64. The molecule has 2 aromatic carbocycles. The lowest BCUT2D eigenvalue weighted by atomic mass is 10.1. The summed E-state index contributed by atoms with van der Waals surface area (Å²) in [5.41, 5.74) is 4.32. The molecule has 0 heterocycles. The average molecular weight is 367 g/mol. The van der Waals surface area contributed by atoms with Gasteiger partial charge in [-0.3, -0.25) is 14.4 Å². The lowest BCUT2D eigenvalue weighted by Gasteiger charge is -2.07. The third-order valence-corrected chi connectivity index (χ3v) is 3.49. The van der Waals surface area contributed by atoms with Gasteiger partial charge >= 0.3 is 5.97 Å². The molecule has 7 heteroatoms. The van der Waals surface area contributed by atoms with E-state index in [0.29, 0.717) is 29.1 Å². The van der Waals surface area contributed by atoms with Gasteiger partial charge in [-0.15, -0.1) is 0 Å². The Labute approximate surface area is 157 Å². The molecular formula is C20H21N3O4. The molecule has 0 saturated carbocycles. The summed E-state index contributed by atoms with van der Waals surface area (Å²) in [5.74, 6) is -1.04. The largest absolute Gasteiger partial charge is 0.466 e. The van der Waals surface area contributed by atoms with Crippen LogP contribution in [0.3, 0.4) is 0 Å². The molecule has 0 aliphatic heterocycles. The molecular weight excluding hydrogens is 346 g/mol. The van der Waals surface area contributed by atoms with Crippen LogP contribution in [0, 0.1) is 0 Å². The van der Waals surface area contributed by atoms with Crippen LogP contribution in [0.4, 0.5) is 5.69 Å². The van der Waals surface area contributed by atoms with Gasteiger partial charge in [0.2, 0.25) is 0 Å². The van der Waals surface area contributed by atoms with Crippen molar-refractivity contribution in [3.8, 4) is 0 Å². The van der Waals surface area contributed by atoms with Crippen LogP contribution in [0.15, 0.2) is 59.7 Å². The van der Waals surface area contributed by atoms with E-state index in [9.17, 15) is 14.4 Å². The Bertz CT molecular complexity index is 830. The minimum absolute atomic E-state index is 0.0125. The minimum atomic E-state index is -0.417. The van der Waals surface area contributed by atoms with Crippen LogP contribution in [-0.2, 0) is 9.53 Å². The Kier molecular flexibility index (Phi) is 7.25. The predicted octanol–water partition coefficient (Wildman–Crippen LogP) is 3.00. The maximum Gasteiger partial charge on any atom is 0.311 e. The van der Waals surface area contributed by atoms with Crippen molar-refractivity contribution in [3.63, 3.8) is 0 Å². The van der Waals surface area contributed by atoms with Gasteiger partial charge in [0.15, 0.2) is 0 Å². The Morgan fingerprint density at radius 2 is 1.56 bits per heavy atom. The Morgan fingerprint density at radius 3 is 2.19 bits per heavy atom. The zero-order valence-electron chi connectivity index (χ0n) is 15.2. The summed E-state index contributed by atoms with van der Waals surface area (Å²) < 4.78 is 4.81. The molecule has 0 aliphatic carbocycles. The van der Waals surface area contributed by atoms with Gasteiger partial charge in [0, 0.05) is 22.5 Å². The number of esters is 1. The number of carbonyl (C=O) groups is 3. The summed E-state index contributed by atoms with van der Waals surface area (Å²) in [6, 6.07) is 15.2. The van der Waals surface area contributed by atoms with E-state index >= 15 is 0 Å². The lowest BCUT2D eigenvalue weighted by Crippen LogP contribution is -2.20. The van der Waals surface area contributed by atoms with Gasteiger partial charge in [-0.2, -0.15) is 5.10 Å². The van der Waals surface area contributed by atoms with Crippen LogP contribution >= 0.6 is 0 Å². The summed E-state index contributed by atoms with van der Waals surface area (Å²) in [4.78, 5) is 35.5. The van der Waals surface area contributed by atoms with E-state index in [0.717, 1.165) is 0 Å². The van der Waals surface area contributed by atoms with Crippen LogP contribution in [0.2, 0.25) is 0 Å². The van der Waals surface area contributed by atoms with Gasteiger partial charge in [0.05, 0.1) is 13.0 Å². The number of amides is 2.